The highest BCUT2D eigenvalue weighted by Gasteiger charge is 2.25. The molecule has 0 N–H and O–H groups in total. The molecular formula is C9H15NS. The number of hydrogen-bond acceptors (Lipinski definition) is 2. The Morgan fingerprint density at radius 2 is 1.91 bits per heavy atom. The van der Waals surface area contributed by atoms with Crippen molar-refractivity contribution in [2.45, 2.75) is 45.6 Å². The van der Waals surface area contributed by atoms with E-state index < -0.39 is 0 Å². The molecule has 1 aliphatic rings. The summed E-state index contributed by atoms with van der Waals surface area (Å²) >= 11 is 4.57. The number of nitrogens with zero attached hydrogens (tertiary/aromatic N) is 1. The predicted molar refractivity (Wildman–Crippen MR) is 51.1 cm³/mol. The molecule has 0 unspecified atom stereocenters. The number of aliphatic imine (C=N–C) groups is 1. The number of rotatable bonds is 1. The summed E-state index contributed by atoms with van der Waals surface area (Å²) in [6.45, 7) is 4.65. The minimum atomic E-state index is 0.473. The molecule has 1 fully saturated rings. The Morgan fingerprint density at radius 1 is 1.36 bits per heavy atom. The average molecular weight is 169 g/mol. The second-order valence-corrected chi connectivity index (χ2v) is 4.30. The number of isothiocyanates is 1. The zero-order valence-corrected chi connectivity index (χ0v) is 8.08. The second kappa shape index (κ2) is 3.46. The van der Waals surface area contributed by atoms with Gasteiger partial charge in [0.05, 0.1) is 11.2 Å². The first-order chi connectivity index (χ1) is 5.14. The number of hydrogen-bond donors (Lipinski definition) is 0. The van der Waals surface area contributed by atoms with Gasteiger partial charge in [0.25, 0.3) is 0 Å². The van der Waals surface area contributed by atoms with Crippen molar-refractivity contribution in [2.24, 2.45) is 10.4 Å². The summed E-state index contributed by atoms with van der Waals surface area (Å²) in [5.41, 5.74) is 0.535. The van der Waals surface area contributed by atoms with E-state index in [1.807, 2.05) is 0 Å². The monoisotopic (exact) mass is 169 g/mol. The van der Waals surface area contributed by atoms with E-state index in [2.05, 4.69) is 36.2 Å². The zero-order chi connectivity index (χ0) is 8.32. The van der Waals surface area contributed by atoms with Gasteiger partial charge in [0.1, 0.15) is 0 Å². The van der Waals surface area contributed by atoms with Crippen LogP contribution in [0.25, 0.3) is 0 Å². The highest BCUT2D eigenvalue weighted by atomic mass is 32.1. The van der Waals surface area contributed by atoms with Crippen molar-refractivity contribution in [3.05, 3.63) is 0 Å². The van der Waals surface area contributed by atoms with Crippen molar-refractivity contribution in [1.29, 1.82) is 0 Å². The van der Waals surface area contributed by atoms with Gasteiger partial charge in [-0.2, -0.15) is 0 Å². The third-order valence-electron chi connectivity index (χ3n) is 2.54. The summed E-state index contributed by atoms with van der Waals surface area (Å²) in [7, 11) is 0. The van der Waals surface area contributed by atoms with E-state index >= 15 is 0 Å². The zero-order valence-electron chi connectivity index (χ0n) is 7.26. The smallest absolute Gasteiger partial charge is 0.0603 e. The lowest BCUT2D eigenvalue weighted by Crippen LogP contribution is -2.23. The van der Waals surface area contributed by atoms with Crippen LogP contribution in [0.2, 0.25) is 0 Å². The van der Waals surface area contributed by atoms with Crippen LogP contribution in [0, 0.1) is 5.41 Å². The molecule has 0 aromatic rings. The SMILES string of the molecule is CC1(C)CCC(N=C=S)CC1. The molecule has 2 heteroatoms. The lowest BCUT2D eigenvalue weighted by Gasteiger charge is -2.31. The van der Waals surface area contributed by atoms with E-state index in [0.29, 0.717) is 11.5 Å². The molecule has 1 saturated carbocycles. The van der Waals surface area contributed by atoms with Gasteiger partial charge in [0.15, 0.2) is 0 Å². The molecule has 1 nitrogen and oxygen atoms in total. The summed E-state index contributed by atoms with van der Waals surface area (Å²) in [5.74, 6) is 0. The predicted octanol–water partition coefficient (Wildman–Crippen LogP) is 3.06. The second-order valence-electron chi connectivity index (χ2n) is 4.12. The van der Waals surface area contributed by atoms with Gasteiger partial charge in [-0.15, -0.1) is 0 Å². The van der Waals surface area contributed by atoms with E-state index in [4.69, 9.17) is 0 Å². The van der Waals surface area contributed by atoms with Gasteiger partial charge in [0.2, 0.25) is 0 Å². The summed E-state index contributed by atoms with van der Waals surface area (Å²) in [5, 5.41) is 2.47. The van der Waals surface area contributed by atoms with Crippen molar-refractivity contribution in [1.82, 2.24) is 0 Å². The van der Waals surface area contributed by atoms with Crippen LogP contribution in [-0.2, 0) is 0 Å². The van der Waals surface area contributed by atoms with Crippen LogP contribution in [0.15, 0.2) is 4.99 Å². The summed E-state index contributed by atoms with van der Waals surface area (Å²) in [4.78, 5) is 4.11. The maximum absolute atomic E-state index is 4.57. The van der Waals surface area contributed by atoms with Crippen LogP contribution in [0.3, 0.4) is 0 Å². The first-order valence-electron chi connectivity index (χ1n) is 4.21. The van der Waals surface area contributed by atoms with Crippen LogP contribution < -0.4 is 0 Å². The molecule has 62 valence electrons. The fraction of sp³-hybridized carbons (Fsp3) is 0.889. The maximum atomic E-state index is 4.57. The lowest BCUT2D eigenvalue weighted by molar-refractivity contribution is 0.226. The molecule has 11 heavy (non-hydrogen) atoms. The standard InChI is InChI=1S/C9H15NS/c1-9(2)5-3-8(4-6-9)10-7-11/h8H,3-6H2,1-2H3. The molecule has 0 aromatic carbocycles. The normalized spacial score (nSPS) is 24.2. The molecule has 0 radical (unpaired) electrons. The molecule has 0 saturated heterocycles. The van der Waals surface area contributed by atoms with E-state index in [-0.39, 0.29) is 0 Å². The van der Waals surface area contributed by atoms with E-state index in [1.165, 1.54) is 25.7 Å². The van der Waals surface area contributed by atoms with Gasteiger partial charge in [0, 0.05) is 0 Å². The quantitative estimate of drug-likeness (QED) is 0.434. The first-order valence-corrected chi connectivity index (χ1v) is 4.62. The van der Waals surface area contributed by atoms with E-state index in [0.717, 1.165) is 0 Å². The Hall–Kier alpha value is -0.200. The Labute approximate surface area is 73.9 Å². The van der Waals surface area contributed by atoms with Crippen molar-refractivity contribution in [3.8, 4) is 0 Å². The van der Waals surface area contributed by atoms with Gasteiger partial charge < -0.3 is 0 Å². The van der Waals surface area contributed by atoms with Crippen LogP contribution in [-0.4, -0.2) is 11.2 Å². The lowest BCUT2D eigenvalue weighted by atomic mass is 9.76. The third kappa shape index (κ3) is 2.72. The van der Waals surface area contributed by atoms with E-state index in [1.54, 1.807) is 0 Å². The van der Waals surface area contributed by atoms with Gasteiger partial charge in [-0.25, -0.2) is 4.99 Å². The van der Waals surface area contributed by atoms with Crippen molar-refractivity contribution < 1.29 is 0 Å². The van der Waals surface area contributed by atoms with Crippen molar-refractivity contribution in [3.63, 3.8) is 0 Å². The summed E-state index contributed by atoms with van der Waals surface area (Å²) in [6, 6.07) is 0.473. The van der Waals surface area contributed by atoms with Gasteiger partial charge >= 0.3 is 0 Å². The van der Waals surface area contributed by atoms with Gasteiger partial charge in [-0.05, 0) is 43.3 Å². The molecule has 0 aliphatic heterocycles. The molecule has 1 aliphatic carbocycles. The highest BCUT2D eigenvalue weighted by molar-refractivity contribution is 7.78. The van der Waals surface area contributed by atoms with Gasteiger partial charge in [-0.3, -0.25) is 0 Å². The summed E-state index contributed by atoms with van der Waals surface area (Å²) < 4.78 is 0. The summed E-state index contributed by atoms with van der Waals surface area (Å²) in [6.07, 6.45) is 4.93. The van der Waals surface area contributed by atoms with Gasteiger partial charge in [-0.1, -0.05) is 13.8 Å². The molecule has 0 spiro atoms. The molecular weight excluding hydrogens is 154 g/mol. The van der Waals surface area contributed by atoms with Crippen LogP contribution in [0.5, 0.6) is 0 Å². The minimum absolute atomic E-state index is 0.473. The van der Waals surface area contributed by atoms with Crippen molar-refractivity contribution >= 4 is 17.4 Å². The fourth-order valence-electron chi connectivity index (χ4n) is 1.59. The molecule has 0 bridgehead atoms. The van der Waals surface area contributed by atoms with E-state index in [9.17, 15) is 0 Å². The topological polar surface area (TPSA) is 12.4 Å². The fourth-order valence-corrected chi connectivity index (χ4v) is 1.74. The Morgan fingerprint density at radius 3 is 2.36 bits per heavy atom. The average Bonchev–Trinajstić information content (AvgIpc) is 1.94. The van der Waals surface area contributed by atoms with Crippen LogP contribution in [0.1, 0.15) is 39.5 Å². The first kappa shape index (κ1) is 8.89. The number of thiocarbonyl (C=S) groups is 1. The Balaban J connectivity index is 2.42. The Bertz CT molecular complexity index is 170. The van der Waals surface area contributed by atoms with Crippen molar-refractivity contribution in [2.75, 3.05) is 0 Å². The minimum Gasteiger partial charge on any atom is -0.229 e. The highest BCUT2D eigenvalue weighted by Crippen LogP contribution is 2.35. The molecule has 0 heterocycles. The molecule has 1 rings (SSSR count). The van der Waals surface area contributed by atoms with Crippen LogP contribution in [0.4, 0.5) is 0 Å². The van der Waals surface area contributed by atoms with Crippen LogP contribution >= 0.6 is 12.2 Å². The largest absolute Gasteiger partial charge is 0.229 e. The molecule has 0 atom stereocenters. The molecule has 0 amide bonds. The maximum Gasteiger partial charge on any atom is 0.0603 e. The third-order valence-corrected chi connectivity index (χ3v) is 2.65. The Kier molecular flexibility index (Phi) is 2.80. The molecule has 0 aromatic heterocycles.